The molecule has 482 valence electrons. The average molecular weight is 1180 g/mol. The predicted octanol–water partition coefficient (Wildman–Crippen LogP) is 22.5. The molecule has 0 aliphatic heterocycles. The lowest BCUT2D eigenvalue weighted by atomic mass is 10.0. The molecule has 3 atom stereocenters. The Kier molecular flexibility index (Phi) is 61.9. The van der Waals surface area contributed by atoms with Gasteiger partial charge in [0.15, 0.2) is 0 Å². The fourth-order valence-electron chi connectivity index (χ4n) is 10.1. The van der Waals surface area contributed by atoms with E-state index in [4.69, 9.17) is 9.05 Å². The van der Waals surface area contributed by atoms with E-state index in [1.54, 1.807) is 6.08 Å². The molecule has 0 rings (SSSR count). The summed E-state index contributed by atoms with van der Waals surface area (Å²) in [6.45, 7) is 4.70. The van der Waals surface area contributed by atoms with Crippen LogP contribution in [-0.2, 0) is 18.4 Å². The zero-order valence-electron chi connectivity index (χ0n) is 55.2. The number of allylic oxidation sites excluding steroid dienone is 15. The van der Waals surface area contributed by atoms with E-state index in [1.807, 2.05) is 27.2 Å². The Morgan fingerprint density at radius 3 is 1.11 bits per heavy atom. The standard InChI is InChI=1S/C74H135N2O6P/c1-6-8-10-12-14-16-18-20-22-24-26-28-30-31-32-33-34-35-36-37-38-39-40-41-42-43-44-45-46-48-50-52-54-56-58-60-62-64-66-68-74(78)75-72(71-82-83(79,80)81-70-69-76(3,4)5)73(77)67-65-63-61-59-57-55-53-51-49-47-29-27-25-23-21-19-17-15-13-11-9-7-2/h8,10,14,16,20,22,26,28,31-32,49,51,57,59,65,67,72-73,77H,6-7,9,11-13,15,17-19,21,23-25,27,29-30,33-48,50,52-56,58,60-64,66,68-71H2,1-5H3,(H-,75,78,79,80)/p+1/b10-8-,16-14-,22-20-,28-26-,32-31-,51-49+,59-57+,67-65+. The number of amides is 1. The van der Waals surface area contributed by atoms with Gasteiger partial charge in [0, 0.05) is 6.42 Å². The van der Waals surface area contributed by atoms with Gasteiger partial charge in [0.1, 0.15) is 13.2 Å². The van der Waals surface area contributed by atoms with Crippen molar-refractivity contribution in [3.05, 3.63) is 97.2 Å². The Morgan fingerprint density at radius 2 is 0.735 bits per heavy atom. The summed E-state index contributed by atoms with van der Waals surface area (Å²) in [6.07, 6.45) is 92.8. The molecule has 0 saturated carbocycles. The number of phosphoric ester groups is 1. The Bertz CT molecular complexity index is 1670. The summed E-state index contributed by atoms with van der Waals surface area (Å²) >= 11 is 0. The van der Waals surface area contributed by atoms with Crippen molar-refractivity contribution < 1.29 is 32.9 Å². The summed E-state index contributed by atoms with van der Waals surface area (Å²) in [6, 6.07) is -0.873. The number of carbonyl (C=O) groups excluding carboxylic acids is 1. The second-order valence-electron chi connectivity index (χ2n) is 24.9. The summed E-state index contributed by atoms with van der Waals surface area (Å²) < 4.78 is 23.8. The first-order chi connectivity index (χ1) is 40.5. The van der Waals surface area contributed by atoms with Crippen LogP contribution in [0.15, 0.2) is 97.2 Å². The number of hydrogen-bond acceptors (Lipinski definition) is 5. The summed E-state index contributed by atoms with van der Waals surface area (Å²) in [5.41, 5.74) is 0. The van der Waals surface area contributed by atoms with Crippen molar-refractivity contribution in [3.63, 3.8) is 0 Å². The topological polar surface area (TPSA) is 105 Å². The van der Waals surface area contributed by atoms with E-state index >= 15 is 0 Å². The van der Waals surface area contributed by atoms with E-state index in [9.17, 15) is 19.4 Å². The molecule has 0 aliphatic rings. The van der Waals surface area contributed by atoms with Crippen LogP contribution in [0.4, 0.5) is 0 Å². The van der Waals surface area contributed by atoms with Gasteiger partial charge in [0.05, 0.1) is 39.9 Å². The molecule has 0 spiro atoms. The largest absolute Gasteiger partial charge is 0.472 e. The van der Waals surface area contributed by atoms with Gasteiger partial charge in [-0.2, -0.15) is 0 Å². The van der Waals surface area contributed by atoms with E-state index in [1.165, 1.54) is 218 Å². The minimum atomic E-state index is -4.37. The second kappa shape index (κ2) is 63.9. The lowest BCUT2D eigenvalue weighted by molar-refractivity contribution is -0.870. The van der Waals surface area contributed by atoms with Crippen LogP contribution in [0.2, 0.25) is 0 Å². The predicted molar refractivity (Wildman–Crippen MR) is 364 cm³/mol. The molecule has 0 fully saturated rings. The first-order valence-electron chi connectivity index (χ1n) is 35.1. The molecule has 0 aromatic heterocycles. The van der Waals surface area contributed by atoms with E-state index in [2.05, 4.69) is 104 Å². The molecule has 83 heavy (non-hydrogen) atoms. The number of aliphatic hydroxyl groups is 1. The fourth-order valence-corrected chi connectivity index (χ4v) is 10.8. The zero-order chi connectivity index (χ0) is 60.5. The van der Waals surface area contributed by atoms with Crippen molar-refractivity contribution in [2.75, 3.05) is 40.9 Å². The molecular weight excluding hydrogens is 1040 g/mol. The Hall–Kier alpha value is -2.58. The van der Waals surface area contributed by atoms with Crippen LogP contribution in [0.1, 0.15) is 316 Å². The van der Waals surface area contributed by atoms with Gasteiger partial charge in [-0.05, 0) is 89.9 Å². The summed E-state index contributed by atoms with van der Waals surface area (Å²) in [5, 5.41) is 14.0. The molecule has 0 aliphatic carbocycles. The number of nitrogens with one attached hydrogen (secondary N) is 1. The number of likely N-dealkylation sites (N-methyl/N-ethyl adjacent to an activating group) is 1. The highest BCUT2D eigenvalue weighted by Gasteiger charge is 2.28. The van der Waals surface area contributed by atoms with Gasteiger partial charge in [0.25, 0.3) is 0 Å². The highest BCUT2D eigenvalue weighted by atomic mass is 31.2. The third kappa shape index (κ3) is 66.8. The van der Waals surface area contributed by atoms with E-state index < -0.39 is 20.0 Å². The van der Waals surface area contributed by atoms with E-state index in [-0.39, 0.29) is 19.1 Å². The second-order valence-corrected chi connectivity index (χ2v) is 26.3. The maximum atomic E-state index is 13.0. The minimum Gasteiger partial charge on any atom is -0.387 e. The molecule has 0 aromatic rings. The molecule has 0 aromatic carbocycles. The third-order valence-electron chi connectivity index (χ3n) is 15.5. The number of phosphoric acid groups is 1. The number of carbonyl (C=O) groups is 1. The number of aliphatic hydroxyl groups excluding tert-OH is 1. The van der Waals surface area contributed by atoms with Crippen molar-refractivity contribution in [1.82, 2.24) is 5.32 Å². The summed E-state index contributed by atoms with van der Waals surface area (Å²) in [7, 11) is 1.55. The first kappa shape index (κ1) is 80.4. The molecule has 0 bridgehead atoms. The van der Waals surface area contributed by atoms with Crippen molar-refractivity contribution in [3.8, 4) is 0 Å². The molecule has 1 amide bonds. The van der Waals surface area contributed by atoms with Gasteiger partial charge in [-0.25, -0.2) is 4.57 Å². The molecule has 0 saturated heterocycles. The van der Waals surface area contributed by atoms with Gasteiger partial charge in [0.2, 0.25) is 5.91 Å². The molecule has 0 radical (unpaired) electrons. The van der Waals surface area contributed by atoms with Crippen LogP contribution < -0.4 is 5.32 Å². The Labute approximate surface area is 515 Å². The van der Waals surface area contributed by atoms with Gasteiger partial charge in [-0.15, -0.1) is 0 Å². The van der Waals surface area contributed by atoms with Crippen LogP contribution in [0, 0.1) is 0 Å². The monoisotopic (exact) mass is 1180 g/mol. The van der Waals surface area contributed by atoms with E-state index in [0.29, 0.717) is 17.4 Å². The normalized spacial score (nSPS) is 14.3. The van der Waals surface area contributed by atoms with Crippen molar-refractivity contribution in [1.29, 1.82) is 0 Å². The Morgan fingerprint density at radius 1 is 0.422 bits per heavy atom. The van der Waals surface area contributed by atoms with Crippen LogP contribution in [0.25, 0.3) is 0 Å². The molecule has 9 heteroatoms. The van der Waals surface area contributed by atoms with Gasteiger partial charge in [-0.3, -0.25) is 13.8 Å². The number of hydrogen-bond donors (Lipinski definition) is 3. The third-order valence-corrected chi connectivity index (χ3v) is 16.5. The molecule has 3 unspecified atom stereocenters. The minimum absolute atomic E-state index is 0.0522. The average Bonchev–Trinajstić information content (AvgIpc) is 3.50. The maximum Gasteiger partial charge on any atom is 0.472 e. The number of quaternary nitrogens is 1. The van der Waals surface area contributed by atoms with Crippen LogP contribution in [-0.4, -0.2) is 73.4 Å². The number of rotatable bonds is 64. The maximum absolute atomic E-state index is 13.0. The van der Waals surface area contributed by atoms with Crippen LogP contribution in [0.5, 0.6) is 0 Å². The number of unbranched alkanes of at least 4 members (excludes halogenated alkanes) is 37. The summed E-state index contributed by atoms with van der Waals surface area (Å²) in [5.74, 6) is -0.188. The quantitative estimate of drug-likeness (QED) is 0.0243. The highest BCUT2D eigenvalue weighted by molar-refractivity contribution is 7.47. The smallest absolute Gasteiger partial charge is 0.387 e. The lowest BCUT2D eigenvalue weighted by Gasteiger charge is -2.25. The Balaban J connectivity index is 4.02. The van der Waals surface area contributed by atoms with Gasteiger partial charge >= 0.3 is 7.82 Å². The SMILES string of the molecule is CC/C=C\C/C=C\C/C=C\C/C=C\C/C=C\CCCCCCCCCCCCCCCCCCCCCCCCCC(=O)NC(COP(=O)(O)OCC[N+](C)(C)C)C(O)/C=C/CC/C=C/CC/C=C/CCCCCCCCCCCCCC. The lowest BCUT2D eigenvalue weighted by Crippen LogP contribution is -2.45. The van der Waals surface area contributed by atoms with Crippen molar-refractivity contribution >= 4 is 13.7 Å². The zero-order valence-corrected chi connectivity index (χ0v) is 56.1. The van der Waals surface area contributed by atoms with Crippen molar-refractivity contribution in [2.24, 2.45) is 0 Å². The molecule has 0 heterocycles. The first-order valence-corrected chi connectivity index (χ1v) is 36.6. The summed E-state index contributed by atoms with van der Waals surface area (Å²) in [4.78, 5) is 23.4. The van der Waals surface area contributed by atoms with Crippen LogP contribution in [0.3, 0.4) is 0 Å². The fraction of sp³-hybridized carbons (Fsp3) is 0.770. The van der Waals surface area contributed by atoms with Gasteiger partial charge in [-0.1, -0.05) is 317 Å². The highest BCUT2D eigenvalue weighted by Crippen LogP contribution is 2.43. The van der Waals surface area contributed by atoms with Crippen molar-refractivity contribution in [2.45, 2.75) is 328 Å². The molecular formula is C74H136N2O6P+. The van der Waals surface area contributed by atoms with Crippen LogP contribution >= 0.6 is 7.82 Å². The molecule has 8 nitrogen and oxygen atoms in total. The van der Waals surface area contributed by atoms with Gasteiger partial charge < -0.3 is 19.8 Å². The van der Waals surface area contributed by atoms with E-state index in [0.717, 1.165) is 77.0 Å². The number of nitrogens with zero attached hydrogens (tertiary/aromatic N) is 1. The molecule has 3 N–H and O–H groups in total.